The van der Waals surface area contributed by atoms with E-state index in [1.165, 1.54) is 44.1 Å². The Bertz CT molecular complexity index is 727. The molecule has 2 nitrogen and oxygen atoms in total. The molecular weight excluding hydrogens is 344 g/mol. The summed E-state index contributed by atoms with van der Waals surface area (Å²) >= 11 is 0. The number of fused-ring (bicyclic) bond motifs is 5. The number of hydrogen-bond donors (Lipinski definition) is 0. The van der Waals surface area contributed by atoms with E-state index in [2.05, 4.69) is 44.2 Å². The molecule has 1 aromatic rings. The summed E-state index contributed by atoms with van der Waals surface area (Å²) in [6.45, 7) is 5.83. The molecule has 4 aliphatic rings. The molecule has 0 amide bonds. The summed E-state index contributed by atoms with van der Waals surface area (Å²) in [6.07, 6.45) is 11.1. The molecule has 4 aliphatic carbocycles. The fraction of sp³-hybridized carbons (Fsp3) is 0.731. The largest absolute Gasteiger partial charge is 0.373 e. The van der Waals surface area contributed by atoms with Gasteiger partial charge in [-0.25, -0.2) is 0 Å². The predicted molar refractivity (Wildman–Crippen MR) is 112 cm³/mol. The minimum absolute atomic E-state index is 0.351. The highest BCUT2D eigenvalue weighted by atomic mass is 16.5. The number of benzene rings is 1. The first-order valence-corrected chi connectivity index (χ1v) is 11.7. The lowest BCUT2D eigenvalue weighted by molar-refractivity contribution is -0.146. The Morgan fingerprint density at radius 2 is 1.71 bits per heavy atom. The topological polar surface area (TPSA) is 26.3 Å². The van der Waals surface area contributed by atoms with Gasteiger partial charge in [-0.2, -0.15) is 0 Å². The zero-order valence-corrected chi connectivity index (χ0v) is 17.7. The Morgan fingerprint density at radius 3 is 2.54 bits per heavy atom. The van der Waals surface area contributed by atoms with E-state index < -0.39 is 0 Å². The molecule has 0 bridgehead atoms. The number of ketones is 1. The molecule has 0 N–H and O–H groups in total. The summed E-state index contributed by atoms with van der Waals surface area (Å²) in [5, 5.41) is 0. The Morgan fingerprint density at radius 1 is 0.929 bits per heavy atom. The Labute approximate surface area is 170 Å². The van der Waals surface area contributed by atoms with E-state index in [0.29, 0.717) is 28.6 Å². The molecule has 0 unspecified atom stereocenters. The zero-order valence-electron chi connectivity index (χ0n) is 17.7. The van der Waals surface area contributed by atoms with Crippen LogP contribution in [0.15, 0.2) is 30.3 Å². The van der Waals surface area contributed by atoms with Gasteiger partial charge in [-0.15, -0.1) is 0 Å². The third kappa shape index (κ3) is 2.90. The van der Waals surface area contributed by atoms with Crippen LogP contribution in [-0.4, -0.2) is 11.9 Å². The lowest BCUT2D eigenvalue weighted by Gasteiger charge is -2.60. The fourth-order valence-corrected chi connectivity index (χ4v) is 8.04. The number of hydrogen-bond acceptors (Lipinski definition) is 2. The molecular formula is C26H36O2. The maximum Gasteiger partial charge on any atom is 0.133 e. The van der Waals surface area contributed by atoms with Crippen molar-refractivity contribution in [3.8, 4) is 0 Å². The number of carbonyl (C=O) groups is 1. The second-order valence-electron chi connectivity index (χ2n) is 10.8. The van der Waals surface area contributed by atoms with Crippen molar-refractivity contribution in [3.05, 3.63) is 35.9 Å². The first-order chi connectivity index (χ1) is 13.5. The molecule has 4 fully saturated rings. The average molecular weight is 381 g/mol. The highest BCUT2D eigenvalue weighted by Crippen LogP contribution is 2.66. The van der Waals surface area contributed by atoms with E-state index in [0.717, 1.165) is 43.6 Å². The van der Waals surface area contributed by atoms with Crippen molar-refractivity contribution in [2.45, 2.75) is 84.3 Å². The lowest BCUT2D eigenvalue weighted by Crippen LogP contribution is -2.54. The van der Waals surface area contributed by atoms with Crippen LogP contribution in [0.4, 0.5) is 0 Å². The van der Waals surface area contributed by atoms with Gasteiger partial charge in [0.2, 0.25) is 0 Å². The maximum absolute atomic E-state index is 12.1. The summed E-state index contributed by atoms with van der Waals surface area (Å²) in [4.78, 5) is 12.1. The standard InChI is InChI=1S/C26H36O2/c1-25-14-12-20(27)16-19(25)8-9-21-22-10-11-24(26(22,2)15-13-23(21)25)28-17-18-6-4-3-5-7-18/h3-7,19,21-24H,8-17H2,1-2H3/t19-,21-,22+,23-,24-,25-,26-/m0/s1. The molecule has 2 heteroatoms. The van der Waals surface area contributed by atoms with Gasteiger partial charge in [-0.05, 0) is 85.0 Å². The third-order valence-electron chi connectivity index (χ3n) is 9.69. The van der Waals surface area contributed by atoms with Crippen molar-refractivity contribution in [2.24, 2.45) is 34.5 Å². The van der Waals surface area contributed by atoms with Gasteiger partial charge in [0.05, 0.1) is 12.7 Å². The Hall–Kier alpha value is -1.15. The highest BCUT2D eigenvalue weighted by Gasteiger charge is 2.60. The molecule has 0 spiro atoms. The molecule has 0 radical (unpaired) electrons. The fourth-order valence-electron chi connectivity index (χ4n) is 8.04. The normalized spacial score (nSPS) is 45.2. The van der Waals surface area contributed by atoms with Gasteiger partial charge in [0.25, 0.3) is 0 Å². The van der Waals surface area contributed by atoms with Crippen LogP contribution in [0.1, 0.15) is 77.2 Å². The van der Waals surface area contributed by atoms with Crippen molar-refractivity contribution in [1.82, 2.24) is 0 Å². The summed E-state index contributed by atoms with van der Waals surface area (Å²) in [5.74, 6) is 3.70. The van der Waals surface area contributed by atoms with Gasteiger partial charge >= 0.3 is 0 Å². The van der Waals surface area contributed by atoms with Crippen molar-refractivity contribution in [2.75, 3.05) is 0 Å². The molecule has 1 aromatic carbocycles. The summed E-state index contributed by atoms with van der Waals surface area (Å²) in [6, 6.07) is 10.7. The second-order valence-corrected chi connectivity index (χ2v) is 10.8. The maximum atomic E-state index is 12.1. The molecule has 5 rings (SSSR count). The van der Waals surface area contributed by atoms with Gasteiger partial charge < -0.3 is 4.74 Å². The number of carbonyl (C=O) groups excluding carboxylic acids is 1. The van der Waals surface area contributed by atoms with Crippen LogP contribution in [0.3, 0.4) is 0 Å². The number of ether oxygens (including phenoxy) is 1. The van der Waals surface area contributed by atoms with Crippen LogP contribution in [0.25, 0.3) is 0 Å². The van der Waals surface area contributed by atoms with Gasteiger partial charge in [-0.3, -0.25) is 4.79 Å². The summed E-state index contributed by atoms with van der Waals surface area (Å²) in [5.41, 5.74) is 2.06. The summed E-state index contributed by atoms with van der Waals surface area (Å²) in [7, 11) is 0. The van der Waals surface area contributed by atoms with E-state index in [9.17, 15) is 4.79 Å². The van der Waals surface area contributed by atoms with Gasteiger partial charge in [0.15, 0.2) is 0 Å². The van der Waals surface area contributed by atoms with Crippen LogP contribution in [0, 0.1) is 34.5 Å². The number of Topliss-reactive ketones (excluding diaryl/α,β-unsaturated/α-hetero) is 1. The quantitative estimate of drug-likeness (QED) is 0.625. The smallest absolute Gasteiger partial charge is 0.133 e. The van der Waals surface area contributed by atoms with E-state index in [-0.39, 0.29) is 0 Å². The monoisotopic (exact) mass is 380 g/mol. The Kier molecular flexibility index (Phi) is 4.69. The molecule has 0 saturated heterocycles. The third-order valence-corrected chi connectivity index (χ3v) is 9.69. The molecule has 152 valence electrons. The van der Waals surface area contributed by atoms with E-state index >= 15 is 0 Å². The van der Waals surface area contributed by atoms with Crippen molar-refractivity contribution in [1.29, 1.82) is 0 Å². The van der Waals surface area contributed by atoms with E-state index in [1.807, 2.05) is 0 Å². The van der Waals surface area contributed by atoms with Gasteiger partial charge in [-0.1, -0.05) is 44.2 Å². The highest BCUT2D eigenvalue weighted by molar-refractivity contribution is 5.79. The molecule has 0 aromatic heterocycles. The van der Waals surface area contributed by atoms with Crippen molar-refractivity contribution >= 4 is 5.78 Å². The minimum Gasteiger partial charge on any atom is -0.373 e. The van der Waals surface area contributed by atoms with Crippen molar-refractivity contribution in [3.63, 3.8) is 0 Å². The second kappa shape index (κ2) is 6.97. The van der Waals surface area contributed by atoms with Crippen molar-refractivity contribution < 1.29 is 9.53 Å². The zero-order chi connectivity index (χ0) is 19.4. The Balaban J connectivity index is 1.32. The molecule has 0 aliphatic heterocycles. The van der Waals surface area contributed by atoms with Crippen LogP contribution < -0.4 is 0 Å². The predicted octanol–water partition coefficient (Wildman–Crippen LogP) is 6.18. The summed E-state index contributed by atoms with van der Waals surface area (Å²) < 4.78 is 6.54. The molecule has 7 atom stereocenters. The SMILES string of the molecule is C[C@]12CCC(=O)C[C@@H]1CC[C@H]1[C@H]3CC[C@H](OCc4ccccc4)[C@@]3(C)CC[C@@H]12. The van der Waals surface area contributed by atoms with Crippen LogP contribution in [0.2, 0.25) is 0 Å². The molecule has 28 heavy (non-hydrogen) atoms. The molecule has 0 heterocycles. The number of rotatable bonds is 3. The first-order valence-electron chi connectivity index (χ1n) is 11.7. The van der Waals surface area contributed by atoms with E-state index in [1.54, 1.807) is 0 Å². The van der Waals surface area contributed by atoms with Crippen LogP contribution >= 0.6 is 0 Å². The average Bonchev–Trinajstić information content (AvgIpc) is 3.04. The van der Waals surface area contributed by atoms with Crippen LogP contribution in [0.5, 0.6) is 0 Å². The minimum atomic E-state index is 0.351. The van der Waals surface area contributed by atoms with Gasteiger partial charge in [0, 0.05) is 12.8 Å². The first kappa shape index (κ1) is 18.9. The van der Waals surface area contributed by atoms with Crippen LogP contribution in [-0.2, 0) is 16.1 Å². The van der Waals surface area contributed by atoms with Gasteiger partial charge in [0.1, 0.15) is 5.78 Å². The van der Waals surface area contributed by atoms with E-state index in [4.69, 9.17) is 4.74 Å². The lowest BCUT2D eigenvalue weighted by atomic mass is 9.45. The molecule has 4 saturated carbocycles.